The highest BCUT2D eigenvalue weighted by atomic mass is 16.2. The zero-order valence-corrected chi connectivity index (χ0v) is 7.83. The highest BCUT2D eigenvalue weighted by molar-refractivity contribution is 6.36. The zero-order valence-electron chi connectivity index (χ0n) is 7.83. The average molecular weight is 169 g/mol. The van der Waals surface area contributed by atoms with Crippen LogP contribution in [0, 0.1) is 5.92 Å². The second kappa shape index (κ2) is 3.25. The molecular formula is C9H15NO2. The molecule has 0 spiro atoms. The molecule has 0 saturated carbocycles. The molecule has 1 amide bonds. The lowest BCUT2D eigenvalue weighted by atomic mass is 10.0. The maximum absolute atomic E-state index is 11.4. The summed E-state index contributed by atoms with van der Waals surface area (Å²) in [4.78, 5) is 24.2. The quantitative estimate of drug-likeness (QED) is 0.574. The Hall–Kier alpha value is -0.860. The molecule has 0 aromatic heterocycles. The minimum absolute atomic E-state index is 0.176. The molecule has 1 atom stereocenters. The van der Waals surface area contributed by atoms with Crippen LogP contribution in [0.2, 0.25) is 0 Å². The molecule has 3 heteroatoms. The molecule has 12 heavy (non-hydrogen) atoms. The number of carbonyl (C=O) groups excluding carboxylic acids is 2. The number of amides is 1. The number of likely N-dealkylation sites (tertiary alicyclic amines) is 1. The van der Waals surface area contributed by atoms with Crippen molar-refractivity contribution < 1.29 is 9.59 Å². The molecular weight excluding hydrogens is 154 g/mol. The molecule has 1 rings (SSSR count). The zero-order chi connectivity index (χ0) is 9.30. The van der Waals surface area contributed by atoms with E-state index >= 15 is 0 Å². The molecule has 0 aliphatic carbocycles. The predicted molar refractivity (Wildman–Crippen MR) is 45.6 cm³/mol. The van der Waals surface area contributed by atoms with Crippen LogP contribution in [0.4, 0.5) is 0 Å². The molecule has 1 aliphatic rings. The molecule has 68 valence electrons. The molecule has 0 N–H and O–H groups in total. The number of Topliss-reactive ketones (excluding diaryl/α,β-unsaturated/α-hetero) is 1. The predicted octanol–water partition coefficient (Wildman–Crippen LogP) is 0.832. The molecule has 1 saturated heterocycles. The van der Waals surface area contributed by atoms with Crippen molar-refractivity contribution >= 4 is 11.7 Å². The van der Waals surface area contributed by atoms with Gasteiger partial charge < -0.3 is 4.90 Å². The van der Waals surface area contributed by atoms with Crippen molar-refractivity contribution in [3.8, 4) is 0 Å². The summed E-state index contributed by atoms with van der Waals surface area (Å²) in [7, 11) is 0. The van der Waals surface area contributed by atoms with Crippen LogP contribution in [0.3, 0.4) is 0 Å². The molecule has 1 unspecified atom stereocenters. The first kappa shape index (κ1) is 9.23. The number of nitrogens with zero attached hydrogens (tertiary/aromatic N) is 1. The van der Waals surface area contributed by atoms with Crippen molar-refractivity contribution in [3.05, 3.63) is 0 Å². The van der Waals surface area contributed by atoms with Crippen molar-refractivity contribution in [2.24, 2.45) is 5.92 Å². The van der Waals surface area contributed by atoms with Crippen LogP contribution in [0.1, 0.15) is 27.2 Å². The number of ketones is 1. The Morgan fingerprint density at radius 1 is 1.42 bits per heavy atom. The fourth-order valence-corrected chi connectivity index (χ4v) is 1.21. The SMILES string of the molecule is CC(C)C(=O)C(=O)N1CCC1C. The van der Waals surface area contributed by atoms with E-state index in [0.717, 1.165) is 13.0 Å². The summed E-state index contributed by atoms with van der Waals surface area (Å²) in [5.74, 6) is -0.740. The summed E-state index contributed by atoms with van der Waals surface area (Å²) in [6, 6.07) is 0.264. The van der Waals surface area contributed by atoms with Crippen molar-refractivity contribution in [2.45, 2.75) is 33.2 Å². The van der Waals surface area contributed by atoms with Crippen LogP contribution in [0.25, 0.3) is 0 Å². The van der Waals surface area contributed by atoms with Gasteiger partial charge in [0.1, 0.15) is 0 Å². The van der Waals surface area contributed by atoms with Gasteiger partial charge in [-0.2, -0.15) is 0 Å². The van der Waals surface area contributed by atoms with Crippen LogP contribution in [0.5, 0.6) is 0 Å². The summed E-state index contributed by atoms with van der Waals surface area (Å²) >= 11 is 0. The van der Waals surface area contributed by atoms with Gasteiger partial charge in [0.25, 0.3) is 5.91 Å². The van der Waals surface area contributed by atoms with E-state index in [1.165, 1.54) is 0 Å². The number of carbonyl (C=O) groups is 2. The van der Waals surface area contributed by atoms with Gasteiger partial charge in [0.05, 0.1) is 0 Å². The molecule has 1 heterocycles. The molecule has 3 nitrogen and oxygen atoms in total. The molecule has 0 bridgehead atoms. The molecule has 0 aromatic rings. The van der Waals surface area contributed by atoms with E-state index in [9.17, 15) is 9.59 Å². The van der Waals surface area contributed by atoms with Crippen LogP contribution < -0.4 is 0 Å². The van der Waals surface area contributed by atoms with Crippen LogP contribution in [0.15, 0.2) is 0 Å². The summed E-state index contributed by atoms with van der Waals surface area (Å²) in [6.45, 7) is 6.23. The van der Waals surface area contributed by atoms with Crippen molar-refractivity contribution in [1.82, 2.24) is 4.90 Å². The maximum Gasteiger partial charge on any atom is 0.290 e. The van der Waals surface area contributed by atoms with Gasteiger partial charge in [0.2, 0.25) is 5.78 Å². The van der Waals surface area contributed by atoms with E-state index in [1.807, 2.05) is 6.92 Å². The van der Waals surface area contributed by atoms with Crippen LogP contribution in [-0.2, 0) is 9.59 Å². The normalized spacial score (nSPS) is 22.3. The lowest BCUT2D eigenvalue weighted by Crippen LogP contribution is -2.52. The Bertz CT molecular complexity index is 211. The smallest absolute Gasteiger partial charge is 0.290 e. The van der Waals surface area contributed by atoms with Gasteiger partial charge in [-0.3, -0.25) is 9.59 Å². The van der Waals surface area contributed by atoms with Crippen molar-refractivity contribution in [3.63, 3.8) is 0 Å². The summed E-state index contributed by atoms with van der Waals surface area (Å²) in [6.07, 6.45) is 1.02. The molecule has 1 fully saturated rings. The van der Waals surface area contributed by atoms with Crippen LogP contribution in [-0.4, -0.2) is 29.2 Å². The Morgan fingerprint density at radius 3 is 2.25 bits per heavy atom. The molecule has 0 radical (unpaired) electrons. The first-order valence-electron chi connectivity index (χ1n) is 4.39. The number of rotatable bonds is 2. The van der Waals surface area contributed by atoms with E-state index in [0.29, 0.717) is 0 Å². The first-order chi connectivity index (χ1) is 5.54. The minimum Gasteiger partial charge on any atom is -0.333 e. The van der Waals surface area contributed by atoms with Gasteiger partial charge in [-0.1, -0.05) is 13.8 Å². The van der Waals surface area contributed by atoms with Crippen molar-refractivity contribution in [1.29, 1.82) is 0 Å². The van der Waals surface area contributed by atoms with Crippen LogP contribution >= 0.6 is 0 Å². The first-order valence-corrected chi connectivity index (χ1v) is 4.39. The van der Waals surface area contributed by atoms with Gasteiger partial charge in [-0.05, 0) is 13.3 Å². The summed E-state index contributed by atoms with van der Waals surface area (Å²) < 4.78 is 0. The maximum atomic E-state index is 11.4. The Morgan fingerprint density at radius 2 is 2.00 bits per heavy atom. The number of hydrogen-bond donors (Lipinski definition) is 0. The lowest BCUT2D eigenvalue weighted by Gasteiger charge is -2.38. The summed E-state index contributed by atoms with van der Waals surface area (Å²) in [5, 5.41) is 0. The monoisotopic (exact) mass is 169 g/mol. The van der Waals surface area contributed by atoms with E-state index in [4.69, 9.17) is 0 Å². The lowest BCUT2D eigenvalue weighted by molar-refractivity contribution is -0.151. The Balaban J connectivity index is 2.53. The van der Waals surface area contributed by atoms with Gasteiger partial charge in [-0.15, -0.1) is 0 Å². The largest absolute Gasteiger partial charge is 0.333 e. The third-order valence-electron chi connectivity index (χ3n) is 2.32. The average Bonchev–Trinajstić information content (AvgIpc) is 2.00. The van der Waals surface area contributed by atoms with E-state index < -0.39 is 0 Å². The topological polar surface area (TPSA) is 37.4 Å². The third-order valence-corrected chi connectivity index (χ3v) is 2.32. The highest BCUT2D eigenvalue weighted by Gasteiger charge is 2.32. The van der Waals surface area contributed by atoms with Gasteiger partial charge in [-0.25, -0.2) is 0 Å². The fourth-order valence-electron chi connectivity index (χ4n) is 1.21. The van der Waals surface area contributed by atoms with Gasteiger partial charge >= 0.3 is 0 Å². The highest BCUT2D eigenvalue weighted by Crippen LogP contribution is 2.17. The van der Waals surface area contributed by atoms with E-state index in [2.05, 4.69) is 0 Å². The third kappa shape index (κ3) is 1.49. The fraction of sp³-hybridized carbons (Fsp3) is 0.778. The van der Waals surface area contributed by atoms with E-state index in [1.54, 1.807) is 18.7 Å². The Kier molecular flexibility index (Phi) is 2.50. The Labute approximate surface area is 72.7 Å². The second-order valence-corrected chi connectivity index (χ2v) is 3.66. The molecule has 0 aromatic carbocycles. The molecule has 1 aliphatic heterocycles. The van der Waals surface area contributed by atoms with Gasteiger partial charge in [0, 0.05) is 18.5 Å². The standard InChI is InChI=1S/C9H15NO2/c1-6(2)8(11)9(12)10-5-4-7(10)3/h6-7H,4-5H2,1-3H3. The number of hydrogen-bond acceptors (Lipinski definition) is 2. The summed E-state index contributed by atoms with van der Waals surface area (Å²) in [5.41, 5.74) is 0. The van der Waals surface area contributed by atoms with Gasteiger partial charge in [0.15, 0.2) is 0 Å². The second-order valence-electron chi connectivity index (χ2n) is 3.66. The van der Waals surface area contributed by atoms with Crippen molar-refractivity contribution in [2.75, 3.05) is 6.54 Å². The van der Waals surface area contributed by atoms with E-state index in [-0.39, 0.29) is 23.7 Å². The minimum atomic E-state index is -0.302.